The van der Waals surface area contributed by atoms with Crippen LogP contribution >= 0.6 is 46.4 Å². The largest absolute Gasteiger partial charge is 0.361 e. The number of halogens is 4. The SMILES string of the molecule is CCCCCCCCCCCCCC(=O)N[C@@H](Nc1ccc([N+](=O)[O-])cc1Cl)C(Cl)(Cl)Cl. The van der Waals surface area contributed by atoms with Gasteiger partial charge in [-0.05, 0) is 12.5 Å². The molecule has 1 amide bonds. The molecule has 32 heavy (non-hydrogen) atoms. The fourth-order valence-electron chi connectivity index (χ4n) is 3.27. The quantitative estimate of drug-likeness (QED) is 0.0744. The van der Waals surface area contributed by atoms with E-state index < -0.39 is 14.9 Å². The van der Waals surface area contributed by atoms with Gasteiger partial charge in [0.15, 0.2) is 0 Å². The van der Waals surface area contributed by atoms with Crippen molar-refractivity contribution in [2.24, 2.45) is 0 Å². The predicted molar refractivity (Wildman–Crippen MR) is 135 cm³/mol. The van der Waals surface area contributed by atoms with E-state index in [-0.39, 0.29) is 16.6 Å². The van der Waals surface area contributed by atoms with Crippen LogP contribution < -0.4 is 10.6 Å². The highest BCUT2D eigenvalue weighted by atomic mass is 35.6. The van der Waals surface area contributed by atoms with Gasteiger partial charge in [-0.1, -0.05) is 118 Å². The van der Waals surface area contributed by atoms with Crippen LogP contribution in [0.25, 0.3) is 0 Å². The van der Waals surface area contributed by atoms with Crippen molar-refractivity contribution in [3.05, 3.63) is 33.3 Å². The summed E-state index contributed by atoms with van der Waals surface area (Å²) in [7, 11) is 0. The van der Waals surface area contributed by atoms with Gasteiger partial charge in [-0.3, -0.25) is 14.9 Å². The Labute approximate surface area is 210 Å². The first kappa shape index (κ1) is 29.1. The zero-order chi connectivity index (χ0) is 24.0. The van der Waals surface area contributed by atoms with Gasteiger partial charge in [0.1, 0.15) is 6.17 Å². The summed E-state index contributed by atoms with van der Waals surface area (Å²) in [4.78, 5) is 22.6. The van der Waals surface area contributed by atoms with Crippen LogP contribution in [0.2, 0.25) is 5.02 Å². The maximum Gasteiger partial charge on any atom is 0.271 e. The summed E-state index contributed by atoms with van der Waals surface area (Å²) < 4.78 is -1.85. The van der Waals surface area contributed by atoms with Crippen LogP contribution in [-0.4, -0.2) is 20.8 Å². The third kappa shape index (κ3) is 12.3. The number of amides is 1. The summed E-state index contributed by atoms with van der Waals surface area (Å²) in [5.41, 5.74) is 0.148. The van der Waals surface area contributed by atoms with E-state index in [2.05, 4.69) is 17.6 Å². The number of non-ortho nitro benzene ring substituents is 1. The van der Waals surface area contributed by atoms with Crippen molar-refractivity contribution < 1.29 is 9.72 Å². The maximum absolute atomic E-state index is 12.3. The number of hydrogen-bond acceptors (Lipinski definition) is 4. The molecule has 0 aromatic heterocycles. The van der Waals surface area contributed by atoms with E-state index in [1.54, 1.807) is 0 Å². The lowest BCUT2D eigenvalue weighted by atomic mass is 10.1. The maximum atomic E-state index is 12.3. The Hall–Kier alpha value is -0.950. The van der Waals surface area contributed by atoms with E-state index in [0.717, 1.165) is 19.3 Å². The Morgan fingerprint density at radius 3 is 2.00 bits per heavy atom. The van der Waals surface area contributed by atoms with Crippen LogP contribution in [0.3, 0.4) is 0 Å². The highest BCUT2D eigenvalue weighted by Crippen LogP contribution is 2.34. The Morgan fingerprint density at radius 1 is 1.00 bits per heavy atom. The van der Waals surface area contributed by atoms with Gasteiger partial charge in [0.25, 0.3) is 5.69 Å². The van der Waals surface area contributed by atoms with Crippen LogP contribution in [0.15, 0.2) is 18.2 Å². The first-order chi connectivity index (χ1) is 15.1. The van der Waals surface area contributed by atoms with Crippen molar-refractivity contribution in [3.63, 3.8) is 0 Å². The molecule has 0 aliphatic rings. The predicted octanol–water partition coefficient (Wildman–Crippen LogP) is 8.17. The molecule has 182 valence electrons. The van der Waals surface area contributed by atoms with Gasteiger partial charge in [0, 0.05) is 18.6 Å². The first-order valence-corrected chi connectivity index (χ1v) is 12.7. The molecule has 2 N–H and O–H groups in total. The second kappa shape index (κ2) is 15.8. The van der Waals surface area contributed by atoms with Crippen molar-refractivity contribution in [1.82, 2.24) is 5.32 Å². The number of nitrogens with one attached hydrogen (secondary N) is 2. The number of rotatable bonds is 16. The number of alkyl halides is 3. The summed E-state index contributed by atoms with van der Waals surface area (Å²) >= 11 is 24.1. The molecule has 1 aromatic rings. The van der Waals surface area contributed by atoms with E-state index in [1.807, 2.05) is 0 Å². The highest BCUT2D eigenvalue weighted by Gasteiger charge is 2.34. The van der Waals surface area contributed by atoms with E-state index in [4.69, 9.17) is 46.4 Å². The topological polar surface area (TPSA) is 84.3 Å². The van der Waals surface area contributed by atoms with Crippen LogP contribution in [0, 0.1) is 10.1 Å². The molecule has 0 aliphatic heterocycles. The van der Waals surface area contributed by atoms with E-state index >= 15 is 0 Å². The average Bonchev–Trinajstić information content (AvgIpc) is 2.72. The number of nitrogens with zero attached hydrogens (tertiary/aromatic N) is 1. The number of carbonyl (C=O) groups is 1. The summed E-state index contributed by atoms with van der Waals surface area (Å²) in [5.74, 6) is -0.247. The fourth-order valence-corrected chi connectivity index (χ4v) is 3.83. The molecule has 1 atom stereocenters. The second-order valence-corrected chi connectivity index (χ2v) is 10.7. The molecule has 0 bridgehead atoms. The monoisotopic (exact) mass is 527 g/mol. The van der Waals surface area contributed by atoms with Crippen molar-refractivity contribution >= 4 is 63.7 Å². The minimum Gasteiger partial charge on any atom is -0.361 e. The van der Waals surface area contributed by atoms with Crippen molar-refractivity contribution in [3.8, 4) is 0 Å². The van der Waals surface area contributed by atoms with Crippen molar-refractivity contribution in [2.45, 2.75) is 93.9 Å². The van der Waals surface area contributed by atoms with Crippen LogP contribution in [0.5, 0.6) is 0 Å². The van der Waals surface area contributed by atoms with Crippen LogP contribution in [0.4, 0.5) is 11.4 Å². The molecular formula is C22H33Cl4N3O3. The van der Waals surface area contributed by atoms with E-state index in [1.165, 1.54) is 69.6 Å². The minimum atomic E-state index is -1.85. The lowest BCUT2D eigenvalue weighted by Crippen LogP contribution is -2.49. The molecule has 0 saturated heterocycles. The van der Waals surface area contributed by atoms with Gasteiger partial charge in [-0.15, -0.1) is 0 Å². The summed E-state index contributed by atoms with van der Waals surface area (Å²) in [6.45, 7) is 2.23. The number of hydrogen-bond donors (Lipinski definition) is 2. The molecule has 0 radical (unpaired) electrons. The fraction of sp³-hybridized carbons (Fsp3) is 0.682. The molecule has 0 heterocycles. The third-order valence-electron chi connectivity index (χ3n) is 5.10. The first-order valence-electron chi connectivity index (χ1n) is 11.2. The number of nitro benzene ring substituents is 1. The molecule has 0 aliphatic carbocycles. The van der Waals surface area contributed by atoms with Gasteiger partial charge >= 0.3 is 0 Å². The minimum absolute atomic E-state index is 0.0815. The smallest absolute Gasteiger partial charge is 0.271 e. The molecule has 0 unspecified atom stereocenters. The molecule has 0 spiro atoms. The van der Waals surface area contributed by atoms with Gasteiger partial charge in [-0.2, -0.15) is 0 Å². The lowest BCUT2D eigenvalue weighted by molar-refractivity contribution is -0.384. The zero-order valence-electron chi connectivity index (χ0n) is 18.5. The number of benzene rings is 1. The molecule has 0 fully saturated rings. The van der Waals surface area contributed by atoms with Crippen molar-refractivity contribution in [1.29, 1.82) is 0 Å². The second-order valence-electron chi connectivity index (χ2n) is 7.89. The third-order valence-corrected chi connectivity index (χ3v) is 6.07. The molecule has 1 aromatic carbocycles. The summed E-state index contributed by atoms with van der Waals surface area (Å²) in [6.07, 6.45) is 12.4. The van der Waals surface area contributed by atoms with Gasteiger partial charge in [0.05, 0.1) is 15.6 Å². The number of nitro groups is 1. The molecule has 1 rings (SSSR count). The van der Waals surface area contributed by atoms with Gasteiger partial charge < -0.3 is 10.6 Å². The molecular weight excluding hydrogens is 496 g/mol. The molecule has 10 heteroatoms. The Kier molecular flexibility index (Phi) is 14.4. The molecule has 6 nitrogen and oxygen atoms in total. The van der Waals surface area contributed by atoms with Gasteiger partial charge in [-0.25, -0.2) is 0 Å². The summed E-state index contributed by atoms with van der Waals surface area (Å²) in [5, 5.41) is 16.4. The van der Waals surface area contributed by atoms with Gasteiger partial charge in [0.2, 0.25) is 9.70 Å². The standard InChI is InChI=1S/C22H33Cl4N3O3/c1-2-3-4-5-6-7-8-9-10-11-12-13-20(30)28-21(22(24,25)26)27-19-15-14-17(29(31)32)16-18(19)23/h14-16,21,27H,2-13H2,1H3,(H,28,30)/t21-/m1/s1. The summed E-state index contributed by atoms with van der Waals surface area (Å²) in [6, 6.07) is 3.86. The van der Waals surface area contributed by atoms with Crippen LogP contribution in [-0.2, 0) is 4.79 Å². The number of unbranched alkanes of at least 4 members (excludes halogenated alkanes) is 10. The Bertz CT molecular complexity index is 714. The Morgan fingerprint density at radius 2 is 1.53 bits per heavy atom. The van der Waals surface area contributed by atoms with Crippen LogP contribution in [0.1, 0.15) is 84.0 Å². The Balaban J connectivity index is 2.35. The number of carbonyl (C=O) groups excluding carboxylic acids is 1. The molecule has 0 saturated carbocycles. The normalized spacial score (nSPS) is 12.4. The average molecular weight is 529 g/mol. The lowest BCUT2D eigenvalue weighted by Gasteiger charge is -2.27. The highest BCUT2D eigenvalue weighted by molar-refractivity contribution is 6.68. The van der Waals surface area contributed by atoms with E-state index in [0.29, 0.717) is 12.1 Å². The zero-order valence-corrected chi connectivity index (χ0v) is 21.5. The van der Waals surface area contributed by atoms with Crippen molar-refractivity contribution in [2.75, 3.05) is 5.32 Å². The van der Waals surface area contributed by atoms with E-state index in [9.17, 15) is 14.9 Å². The number of anilines is 1.